The molecule has 3 rings (SSSR count). The van der Waals surface area contributed by atoms with Gasteiger partial charge in [0.05, 0.1) is 36.2 Å². The Balaban J connectivity index is 1.69. The Morgan fingerprint density at radius 1 is 1.11 bits per heavy atom. The summed E-state index contributed by atoms with van der Waals surface area (Å²) in [5, 5.41) is 15.0. The summed E-state index contributed by atoms with van der Waals surface area (Å²) < 4.78 is 5.29. The molecule has 0 unspecified atom stereocenters. The molecule has 0 saturated heterocycles. The lowest BCUT2D eigenvalue weighted by Crippen LogP contribution is -2.23. The van der Waals surface area contributed by atoms with E-state index in [9.17, 15) is 4.79 Å². The van der Waals surface area contributed by atoms with E-state index in [-0.39, 0.29) is 5.91 Å². The van der Waals surface area contributed by atoms with E-state index in [2.05, 4.69) is 21.7 Å². The van der Waals surface area contributed by atoms with Crippen LogP contribution in [-0.4, -0.2) is 18.0 Å². The number of hydrogen-bond donors (Lipinski definition) is 2. The number of nitrogens with one attached hydrogen (secondary N) is 2. The fraction of sp³-hybridized carbons (Fsp3) is 0.0952. The highest BCUT2D eigenvalue weighted by Crippen LogP contribution is 2.19. The first-order valence-electron chi connectivity index (χ1n) is 8.32. The average Bonchev–Trinajstić information content (AvgIpc) is 2.72. The lowest BCUT2D eigenvalue weighted by Gasteiger charge is -2.11. The van der Waals surface area contributed by atoms with Gasteiger partial charge in [-0.05, 0) is 30.3 Å². The molecule has 0 fully saturated rings. The van der Waals surface area contributed by atoms with Crippen LogP contribution < -0.4 is 15.4 Å². The molecule has 3 aromatic rings. The van der Waals surface area contributed by atoms with E-state index >= 15 is 0 Å². The van der Waals surface area contributed by atoms with Gasteiger partial charge < -0.3 is 15.4 Å². The zero-order chi connectivity index (χ0) is 19.1. The fourth-order valence-corrected chi connectivity index (χ4v) is 2.59. The second-order valence-corrected chi connectivity index (χ2v) is 5.77. The molecule has 0 saturated carbocycles. The van der Waals surface area contributed by atoms with Crippen LogP contribution in [0.5, 0.6) is 5.75 Å². The first kappa shape index (κ1) is 18.0. The Bertz CT molecular complexity index is 995. The third-order valence-electron chi connectivity index (χ3n) is 3.91. The maximum absolute atomic E-state index is 12.5. The SMILES string of the molecule is COc1ccccc1CNC(=O)c1cncc(Nc2cccc(C#N)c2)c1. The Labute approximate surface area is 157 Å². The van der Waals surface area contributed by atoms with Crippen molar-refractivity contribution in [2.45, 2.75) is 6.54 Å². The van der Waals surface area contributed by atoms with Gasteiger partial charge in [0.1, 0.15) is 5.75 Å². The van der Waals surface area contributed by atoms with Crippen molar-refractivity contribution < 1.29 is 9.53 Å². The zero-order valence-electron chi connectivity index (χ0n) is 14.8. The second-order valence-electron chi connectivity index (χ2n) is 5.77. The minimum atomic E-state index is -0.233. The minimum Gasteiger partial charge on any atom is -0.496 e. The molecule has 0 aliphatic heterocycles. The van der Waals surface area contributed by atoms with Gasteiger partial charge in [-0.2, -0.15) is 5.26 Å². The number of aromatic nitrogens is 1. The van der Waals surface area contributed by atoms with Gasteiger partial charge in [0, 0.05) is 24.0 Å². The highest BCUT2D eigenvalue weighted by Gasteiger charge is 2.09. The Morgan fingerprint density at radius 3 is 2.78 bits per heavy atom. The molecule has 0 aliphatic rings. The Hall–Kier alpha value is -3.85. The minimum absolute atomic E-state index is 0.233. The second kappa shape index (κ2) is 8.50. The number of rotatable bonds is 6. The first-order chi connectivity index (χ1) is 13.2. The van der Waals surface area contributed by atoms with Gasteiger partial charge in [0.15, 0.2) is 0 Å². The summed E-state index contributed by atoms with van der Waals surface area (Å²) in [4.78, 5) is 16.6. The summed E-state index contributed by atoms with van der Waals surface area (Å²) in [6.45, 7) is 0.352. The molecule has 0 spiro atoms. The van der Waals surface area contributed by atoms with Gasteiger partial charge in [-0.15, -0.1) is 0 Å². The fourth-order valence-electron chi connectivity index (χ4n) is 2.59. The number of nitriles is 1. The van der Waals surface area contributed by atoms with Crippen molar-refractivity contribution in [3.05, 3.63) is 83.7 Å². The van der Waals surface area contributed by atoms with Crippen LogP contribution in [0.2, 0.25) is 0 Å². The van der Waals surface area contributed by atoms with E-state index in [1.165, 1.54) is 6.20 Å². The van der Waals surface area contributed by atoms with Gasteiger partial charge in [-0.3, -0.25) is 9.78 Å². The summed E-state index contributed by atoms with van der Waals surface area (Å²) in [5.41, 5.74) is 3.30. The lowest BCUT2D eigenvalue weighted by atomic mass is 10.2. The molecule has 1 heterocycles. The molecule has 0 aliphatic carbocycles. The van der Waals surface area contributed by atoms with Crippen molar-refractivity contribution in [1.82, 2.24) is 10.3 Å². The van der Waals surface area contributed by atoms with Crippen molar-refractivity contribution >= 4 is 17.3 Å². The zero-order valence-corrected chi connectivity index (χ0v) is 14.8. The van der Waals surface area contributed by atoms with Gasteiger partial charge >= 0.3 is 0 Å². The van der Waals surface area contributed by atoms with Crippen LogP contribution >= 0.6 is 0 Å². The van der Waals surface area contributed by atoms with E-state index in [1.807, 2.05) is 30.3 Å². The highest BCUT2D eigenvalue weighted by atomic mass is 16.5. The third kappa shape index (κ3) is 4.61. The van der Waals surface area contributed by atoms with E-state index in [4.69, 9.17) is 10.00 Å². The number of anilines is 2. The molecule has 1 aromatic heterocycles. The van der Waals surface area contributed by atoms with E-state index in [1.54, 1.807) is 37.6 Å². The smallest absolute Gasteiger partial charge is 0.253 e. The number of benzene rings is 2. The van der Waals surface area contributed by atoms with Gasteiger partial charge in [0.25, 0.3) is 5.91 Å². The van der Waals surface area contributed by atoms with Crippen molar-refractivity contribution in [2.75, 3.05) is 12.4 Å². The Kier molecular flexibility index (Phi) is 5.65. The number of ether oxygens (including phenoxy) is 1. The van der Waals surface area contributed by atoms with Gasteiger partial charge in [0.2, 0.25) is 0 Å². The maximum Gasteiger partial charge on any atom is 0.253 e. The summed E-state index contributed by atoms with van der Waals surface area (Å²) >= 11 is 0. The van der Waals surface area contributed by atoms with E-state index in [0.717, 1.165) is 17.0 Å². The number of carbonyl (C=O) groups is 1. The highest BCUT2D eigenvalue weighted by molar-refractivity contribution is 5.94. The number of amides is 1. The number of nitrogens with zero attached hydrogens (tertiary/aromatic N) is 2. The summed E-state index contributed by atoms with van der Waals surface area (Å²) in [5.74, 6) is 0.492. The van der Waals surface area contributed by atoms with E-state index < -0.39 is 0 Å². The number of pyridine rings is 1. The monoisotopic (exact) mass is 358 g/mol. The Morgan fingerprint density at radius 2 is 1.96 bits per heavy atom. The van der Waals surface area contributed by atoms with Gasteiger partial charge in [-0.1, -0.05) is 24.3 Å². The van der Waals surface area contributed by atoms with Crippen LogP contribution in [0.3, 0.4) is 0 Å². The molecule has 0 atom stereocenters. The molecule has 0 radical (unpaired) electrons. The predicted molar refractivity (Wildman–Crippen MR) is 103 cm³/mol. The molecule has 0 bridgehead atoms. The van der Waals surface area contributed by atoms with Crippen LogP contribution in [0, 0.1) is 11.3 Å². The van der Waals surface area contributed by atoms with Crippen LogP contribution in [0.4, 0.5) is 11.4 Å². The molecule has 2 aromatic carbocycles. The molecule has 6 heteroatoms. The summed E-state index contributed by atoms with van der Waals surface area (Å²) in [7, 11) is 1.60. The predicted octanol–water partition coefficient (Wildman–Crippen LogP) is 3.64. The molecule has 1 amide bonds. The number of para-hydroxylation sites is 1. The van der Waals surface area contributed by atoms with Crippen molar-refractivity contribution in [3.8, 4) is 11.8 Å². The quantitative estimate of drug-likeness (QED) is 0.702. The number of carbonyl (C=O) groups excluding carboxylic acids is 1. The molecule has 27 heavy (non-hydrogen) atoms. The van der Waals surface area contributed by atoms with Crippen molar-refractivity contribution in [3.63, 3.8) is 0 Å². The lowest BCUT2D eigenvalue weighted by molar-refractivity contribution is 0.0950. The molecule has 134 valence electrons. The first-order valence-corrected chi connectivity index (χ1v) is 8.32. The molecule has 6 nitrogen and oxygen atoms in total. The summed E-state index contributed by atoms with van der Waals surface area (Å²) in [6, 6.07) is 18.4. The topological polar surface area (TPSA) is 87.0 Å². The molecule has 2 N–H and O–H groups in total. The van der Waals surface area contributed by atoms with Crippen LogP contribution in [0.1, 0.15) is 21.5 Å². The molecular weight excluding hydrogens is 340 g/mol. The van der Waals surface area contributed by atoms with Gasteiger partial charge in [-0.25, -0.2) is 0 Å². The van der Waals surface area contributed by atoms with E-state index in [0.29, 0.717) is 23.4 Å². The average molecular weight is 358 g/mol. The van der Waals surface area contributed by atoms with Crippen LogP contribution in [-0.2, 0) is 6.54 Å². The van der Waals surface area contributed by atoms with Crippen molar-refractivity contribution in [2.24, 2.45) is 0 Å². The molecular formula is C21H18N4O2. The van der Waals surface area contributed by atoms with Crippen LogP contribution in [0.15, 0.2) is 67.0 Å². The van der Waals surface area contributed by atoms with Crippen molar-refractivity contribution in [1.29, 1.82) is 5.26 Å². The van der Waals surface area contributed by atoms with Crippen LogP contribution in [0.25, 0.3) is 0 Å². The normalized spacial score (nSPS) is 9.93. The number of hydrogen-bond acceptors (Lipinski definition) is 5. The maximum atomic E-state index is 12.5. The largest absolute Gasteiger partial charge is 0.496 e. The third-order valence-corrected chi connectivity index (χ3v) is 3.91. The standard InChI is InChI=1S/C21H18N4O2/c1-27-20-8-3-2-6-16(20)13-24-21(26)17-10-19(14-23-12-17)25-18-7-4-5-15(9-18)11-22/h2-10,12,14,25H,13H2,1H3,(H,24,26). The summed E-state index contributed by atoms with van der Waals surface area (Å²) in [6.07, 6.45) is 3.13. The number of methoxy groups -OCH3 is 1.